The highest BCUT2D eigenvalue weighted by Gasteiger charge is 2.40. The monoisotopic (exact) mass is 387 g/mol. The van der Waals surface area contributed by atoms with Crippen LogP contribution in [0.5, 0.6) is 0 Å². The maximum absolute atomic E-state index is 11.7. The van der Waals surface area contributed by atoms with Gasteiger partial charge in [0.05, 0.1) is 0 Å². The minimum atomic E-state index is -0.454. The van der Waals surface area contributed by atoms with Gasteiger partial charge < -0.3 is 14.5 Å². The van der Waals surface area contributed by atoms with Crippen LogP contribution in [0, 0.1) is 0 Å². The summed E-state index contributed by atoms with van der Waals surface area (Å²) in [6.07, 6.45) is 2.53. The third kappa shape index (κ3) is 5.79. The molecule has 0 aromatic heterocycles. The number of rotatable bonds is 6. The zero-order valence-electron chi connectivity index (χ0n) is 17.2. The topological polar surface area (TPSA) is 53.1 Å². The summed E-state index contributed by atoms with van der Waals surface area (Å²) < 4.78 is 5.81. The van der Waals surface area contributed by atoms with E-state index in [2.05, 4.69) is 40.1 Å². The summed E-state index contributed by atoms with van der Waals surface area (Å²) >= 11 is 0. The molecule has 2 saturated heterocycles. The van der Waals surface area contributed by atoms with Crippen LogP contribution < -0.4 is 0 Å². The first-order chi connectivity index (χ1) is 13.5. The van der Waals surface area contributed by atoms with Crippen molar-refractivity contribution in [3.05, 3.63) is 35.9 Å². The third-order valence-corrected chi connectivity index (χ3v) is 6.02. The Bertz CT molecular complexity index is 648. The van der Waals surface area contributed by atoms with E-state index in [9.17, 15) is 9.59 Å². The van der Waals surface area contributed by atoms with Gasteiger partial charge in [0.15, 0.2) is 0 Å². The van der Waals surface area contributed by atoms with Crippen molar-refractivity contribution >= 4 is 11.9 Å². The molecule has 0 bridgehead atoms. The van der Waals surface area contributed by atoms with E-state index in [1.165, 1.54) is 12.5 Å². The molecule has 154 valence electrons. The molecular formula is C22H33N3O3. The van der Waals surface area contributed by atoms with Crippen LogP contribution in [0.25, 0.3) is 0 Å². The molecule has 1 amide bonds. The zero-order chi connectivity index (χ0) is 20.0. The number of piperazine rings is 1. The van der Waals surface area contributed by atoms with Crippen LogP contribution in [0.3, 0.4) is 0 Å². The highest BCUT2D eigenvalue weighted by Crippen LogP contribution is 2.28. The van der Waals surface area contributed by atoms with Gasteiger partial charge in [0.1, 0.15) is 5.60 Å². The molecule has 6 nitrogen and oxygen atoms in total. The van der Waals surface area contributed by atoms with Gasteiger partial charge in [0, 0.05) is 79.0 Å². The number of esters is 1. The van der Waals surface area contributed by atoms with Gasteiger partial charge in [-0.05, 0) is 12.0 Å². The first-order valence-electron chi connectivity index (χ1n) is 10.4. The molecule has 28 heavy (non-hydrogen) atoms. The average molecular weight is 388 g/mol. The molecule has 0 unspecified atom stereocenters. The van der Waals surface area contributed by atoms with Crippen LogP contribution >= 0.6 is 0 Å². The van der Waals surface area contributed by atoms with Gasteiger partial charge in [-0.3, -0.25) is 14.5 Å². The van der Waals surface area contributed by atoms with Crippen molar-refractivity contribution in [3.63, 3.8) is 0 Å². The van der Waals surface area contributed by atoms with E-state index >= 15 is 0 Å². The molecule has 0 spiro atoms. The minimum Gasteiger partial charge on any atom is -0.458 e. The maximum atomic E-state index is 11.7. The van der Waals surface area contributed by atoms with E-state index in [0.717, 1.165) is 58.5 Å². The fraction of sp³-hybridized carbons (Fsp3) is 0.636. The van der Waals surface area contributed by atoms with E-state index in [1.54, 1.807) is 6.92 Å². The normalized spacial score (nSPS) is 20.7. The average Bonchev–Trinajstić information content (AvgIpc) is 2.68. The summed E-state index contributed by atoms with van der Waals surface area (Å²) in [6.45, 7) is 10.4. The minimum absolute atomic E-state index is 0.100. The first-order valence-corrected chi connectivity index (χ1v) is 10.4. The van der Waals surface area contributed by atoms with Crippen molar-refractivity contribution < 1.29 is 14.3 Å². The second kappa shape index (κ2) is 9.52. The second-order valence-electron chi connectivity index (χ2n) is 8.14. The van der Waals surface area contributed by atoms with Crippen molar-refractivity contribution in [1.82, 2.24) is 14.7 Å². The molecule has 0 N–H and O–H groups in total. The maximum Gasteiger partial charge on any atom is 0.303 e. The van der Waals surface area contributed by atoms with Gasteiger partial charge in [-0.2, -0.15) is 0 Å². The molecule has 2 aliphatic rings. The molecule has 2 aliphatic heterocycles. The van der Waals surface area contributed by atoms with Crippen LogP contribution in [-0.4, -0.2) is 84.5 Å². The Labute approximate surface area is 168 Å². The molecule has 0 saturated carbocycles. The molecule has 0 atom stereocenters. The van der Waals surface area contributed by atoms with Gasteiger partial charge in [0.2, 0.25) is 5.91 Å². The Hall–Kier alpha value is -1.92. The van der Waals surface area contributed by atoms with E-state index in [-0.39, 0.29) is 11.9 Å². The summed E-state index contributed by atoms with van der Waals surface area (Å²) in [6, 6.07) is 10.6. The van der Waals surface area contributed by atoms with Crippen molar-refractivity contribution in [2.45, 2.75) is 38.7 Å². The number of carbonyl (C=O) groups excluding carboxylic acids is 2. The van der Waals surface area contributed by atoms with Crippen LogP contribution in [0.4, 0.5) is 0 Å². The molecule has 3 rings (SSSR count). The van der Waals surface area contributed by atoms with Crippen molar-refractivity contribution in [2.75, 3.05) is 52.4 Å². The van der Waals surface area contributed by atoms with E-state index < -0.39 is 5.60 Å². The Morgan fingerprint density at radius 3 is 2.11 bits per heavy atom. The summed E-state index contributed by atoms with van der Waals surface area (Å²) in [5.74, 6) is -0.124. The smallest absolute Gasteiger partial charge is 0.303 e. The molecule has 2 heterocycles. The number of ether oxygens (including phenoxy) is 1. The van der Waals surface area contributed by atoms with Crippen molar-refractivity contribution in [2.24, 2.45) is 0 Å². The number of amides is 1. The van der Waals surface area contributed by atoms with Gasteiger partial charge in [0.25, 0.3) is 0 Å². The van der Waals surface area contributed by atoms with E-state index in [4.69, 9.17) is 4.74 Å². The Morgan fingerprint density at radius 2 is 1.54 bits per heavy atom. The Morgan fingerprint density at radius 1 is 0.929 bits per heavy atom. The number of hydrogen-bond donors (Lipinski definition) is 0. The van der Waals surface area contributed by atoms with Crippen molar-refractivity contribution in [1.29, 1.82) is 0 Å². The lowest BCUT2D eigenvalue weighted by molar-refractivity contribution is -0.166. The summed E-state index contributed by atoms with van der Waals surface area (Å²) in [5, 5.41) is 0. The first kappa shape index (κ1) is 20.8. The third-order valence-electron chi connectivity index (χ3n) is 6.02. The lowest BCUT2D eigenvalue weighted by atomic mass is 9.90. The fourth-order valence-corrected chi connectivity index (χ4v) is 4.34. The molecule has 0 aliphatic carbocycles. The lowest BCUT2D eigenvalue weighted by Gasteiger charge is -2.45. The van der Waals surface area contributed by atoms with Crippen LogP contribution in [0.1, 0.15) is 32.3 Å². The zero-order valence-corrected chi connectivity index (χ0v) is 17.2. The predicted octanol–water partition coefficient (Wildman–Crippen LogP) is 1.79. The van der Waals surface area contributed by atoms with Crippen LogP contribution in [-0.2, 0) is 20.7 Å². The van der Waals surface area contributed by atoms with E-state index in [0.29, 0.717) is 13.1 Å². The lowest BCUT2D eigenvalue weighted by Crippen LogP contribution is -2.57. The highest BCUT2D eigenvalue weighted by atomic mass is 16.6. The standard InChI is InChI=1S/C22H33N3O3/c1-19(26)25-12-9-22(10-13-25,28-20(2)27)18-24-16-14-23(15-17-24)11-8-21-6-4-3-5-7-21/h3-7H,8-18H2,1-2H3. The SMILES string of the molecule is CC(=O)OC1(CN2CCN(CCc3ccccc3)CC2)CCN(C(C)=O)CC1. The van der Waals surface area contributed by atoms with Gasteiger partial charge in [-0.1, -0.05) is 30.3 Å². The van der Waals surface area contributed by atoms with E-state index in [1.807, 2.05) is 4.90 Å². The van der Waals surface area contributed by atoms with Crippen LogP contribution in [0.2, 0.25) is 0 Å². The van der Waals surface area contributed by atoms with Crippen LogP contribution in [0.15, 0.2) is 30.3 Å². The number of carbonyl (C=O) groups is 2. The van der Waals surface area contributed by atoms with Crippen molar-refractivity contribution in [3.8, 4) is 0 Å². The predicted molar refractivity (Wildman–Crippen MR) is 109 cm³/mol. The summed E-state index contributed by atoms with van der Waals surface area (Å²) in [7, 11) is 0. The number of hydrogen-bond acceptors (Lipinski definition) is 5. The molecule has 6 heteroatoms. The van der Waals surface area contributed by atoms with Gasteiger partial charge in [-0.25, -0.2) is 0 Å². The fourth-order valence-electron chi connectivity index (χ4n) is 4.34. The number of likely N-dealkylation sites (tertiary alicyclic amines) is 1. The summed E-state index contributed by atoms with van der Waals surface area (Å²) in [5.41, 5.74) is 0.931. The largest absolute Gasteiger partial charge is 0.458 e. The second-order valence-corrected chi connectivity index (χ2v) is 8.14. The Kier molecular flexibility index (Phi) is 7.08. The Balaban J connectivity index is 1.48. The van der Waals surface area contributed by atoms with Gasteiger partial charge >= 0.3 is 5.97 Å². The number of benzene rings is 1. The number of piperidine rings is 1. The molecule has 1 aromatic rings. The molecule has 0 radical (unpaired) electrons. The molecular weight excluding hydrogens is 354 g/mol. The molecule has 2 fully saturated rings. The molecule has 1 aromatic carbocycles. The number of nitrogens with zero attached hydrogens (tertiary/aromatic N) is 3. The quantitative estimate of drug-likeness (QED) is 0.697. The summed E-state index contributed by atoms with van der Waals surface area (Å²) in [4.78, 5) is 30.1. The highest BCUT2D eigenvalue weighted by molar-refractivity contribution is 5.73. The van der Waals surface area contributed by atoms with Gasteiger partial charge in [-0.15, -0.1) is 0 Å².